The number of anilines is 2. The Morgan fingerprint density at radius 3 is 2.70 bits per heavy atom. The van der Waals surface area contributed by atoms with Gasteiger partial charge in [0.2, 0.25) is 5.91 Å². The average Bonchev–Trinajstić information content (AvgIpc) is 3.50. The molecule has 1 aliphatic rings. The lowest BCUT2D eigenvalue weighted by atomic mass is 10.00. The number of aromatic nitrogens is 2. The average molecular weight is 577 g/mol. The number of pyridine rings is 1. The standard InChI is InChI=1S/C28H26BrN5O2S/c1-18-15-21(11-12-22(18)31-25(35)17-36-2)34-27(26(32-28(34)37)23-9-3-4-13-30-23)24-10-6-14-33(24)20-8-5-7-19(29)16-20/h3-16,26-27H,17H2,1-2H3,(H,31,35)(H,32,37)/t26-,27-/m1/s1. The van der Waals surface area contributed by atoms with Gasteiger partial charge in [0.1, 0.15) is 12.6 Å². The van der Waals surface area contributed by atoms with Crippen LogP contribution in [0.15, 0.2) is 89.7 Å². The second kappa shape index (κ2) is 10.8. The van der Waals surface area contributed by atoms with Gasteiger partial charge < -0.3 is 24.8 Å². The van der Waals surface area contributed by atoms with E-state index in [1.165, 1.54) is 7.11 Å². The van der Waals surface area contributed by atoms with E-state index < -0.39 is 0 Å². The molecule has 9 heteroatoms. The van der Waals surface area contributed by atoms with Crippen molar-refractivity contribution in [2.75, 3.05) is 23.9 Å². The molecule has 2 atom stereocenters. The molecule has 3 heterocycles. The Hall–Kier alpha value is -3.53. The molecule has 0 bridgehead atoms. The summed E-state index contributed by atoms with van der Waals surface area (Å²) in [5.74, 6) is -0.198. The molecule has 5 rings (SSSR count). The van der Waals surface area contributed by atoms with Crippen LogP contribution in [-0.4, -0.2) is 34.3 Å². The Morgan fingerprint density at radius 2 is 1.97 bits per heavy atom. The number of rotatable bonds is 7. The summed E-state index contributed by atoms with van der Waals surface area (Å²) in [6, 6.07) is 23.9. The summed E-state index contributed by atoms with van der Waals surface area (Å²) < 4.78 is 8.13. The Balaban J connectivity index is 1.59. The van der Waals surface area contributed by atoms with Crippen LogP contribution in [0.5, 0.6) is 0 Å². The van der Waals surface area contributed by atoms with Crippen LogP contribution in [0.25, 0.3) is 5.69 Å². The summed E-state index contributed by atoms with van der Waals surface area (Å²) in [5.41, 5.74) is 5.59. The van der Waals surface area contributed by atoms with Gasteiger partial charge in [0.15, 0.2) is 5.11 Å². The number of aryl methyl sites for hydroxylation is 1. The largest absolute Gasteiger partial charge is 0.375 e. The van der Waals surface area contributed by atoms with Crippen molar-refractivity contribution in [1.82, 2.24) is 14.9 Å². The van der Waals surface area contributed by atoms with Crippen molar-refractivity contribution in [1.29, 1.82) is 0 Å². The quantitative estimate of drug-likeness (QED) is 0.275. The van der Waals surface area contributed by atoms with E-state index in [4.69, 9.17) is 17.0 Å². The van der Waals surface area contributed by atoms with Gasteiger partial charge in [-0.1, -0.05) is 28.1 Å². The molecule has 1 fully saturated rings. The van der Waals surface area contributed by atoms with Crippen molar-refractivity contribution >= 4 is 50.5 Å². The summed E-state index contributed by atoms with van der Waals surface area (Å²) in [5, 5.41) is 7.03. The highest BCUT2D eigenvalue weighted by Crippen LogP contribution is 2.43. The molecule has 0 spiro atoms. The zero-order valence-corrected chi connectivity index (χ0v) is 22.8. The van der Waals surface area contributed by atoms with Gasteiger partial charge in [0.05, 0.1) is 11.7 Å². The van der Waals surface area contributed by atoms with Gasteiger partial charge in [0, 0.05) is 46.7 Å². The summed E-state index contributed by atoms with van der Waals surface area (Å²) in [6.45, 7) is 1.97. The van der Waals surface area contributed by atoms with Gasteiger partial charge in [-0.05, 0) is 85.4 Å². The van der Waals surface area contributed by atoms with Crippen molar-refractivity contribution in [3.8, 4) is 5.69 Å². The van der Waals surface area contributed by atoms with E-state index in [1.807, 2.05) is 61.5 Å². The maximum absolute atomic E-state index is 12.1. The third-order valence-electron chi connectivity index (χ3n) is 6.31. The number of carbonyl (C=O) groups excluding carboxylic acids is 1. The molecule has 1 amide bonds. The van der Waals surface area contributed by atoms with Gasteiger partial charge in [-0.15, -0.1) is 0 Å². The summed E-state index contributed by atoms with van der Waals surface area (Å²) in [7, 11) is 1.50. The number of hydrogen-bond donors (Lipinski definition) is 2. The monoisotopic (exact) mass is 575 g/mol. The number of ether oxygens (including phenoxy) is 1. The highest BCUT2D eigenvalue weighted by atomic mass is 79.9. The predicted octanol–water partition coefficient (Wildman–Crippen LogP) is 5.71. The van der Waals surface area contributed by atoms with Crippen molar-refractivity contribution in [2.45, 2.75) is 19.0 Å². The van der Waals surface area contributed by atoms with Crippen LogP contribution in [0.3, 0.4) is 0 Å². The maximum Gasteiger partial charge on any atom is 0.250 e. The van der Waals surface area contributed by atoms with Crippen LogP contribution in [0, 0.1) is 6.92 Å². The molecule has 2 N–H and O–H groups in total. The lowest BCUT2D eigenvalue weighted by Gasteiger charge is -2.29. The molecule has 0 unspecified atom stereocenters. The van der Waals surface area contributed by atoms with Crippen LogP contribution in [0.2, 0.25) is 0 Å². The number of nitrogens with one attached hydrogen (secondary N) is 2. The Morgan fingerprint density at radius 1 is 1.11 bits per heavy atom. The molecular weight excluding hydrogens is 550 g/mol. The molecule has 4 aromatic rings. The number of nitrogens with zero attached hydrogens (tertiary/aromatic N) is 3. The van der Waals surface area contributed by atoms with Crippen LogP contribution in [-0.2, 0) is 9.53 Å². The fraction of sp³-hybridized carbons (Fsp3) is 0.179. The second-order valence-electron chi connectivity index (χ2n) is 8.76. The van der Waals surface area contributed by atoms with Gasteiger partial charge in [-0.3, -0.25) is 9.78 Å². The topological polar surface area (TPSA) is 71.4 Å². The first-order chi connectivity index (χ1) is 18.0. The Bertz CT molecular complexity index is 1440. The molecule has 0 aliphatic carbocycles. The van der Waals surface area contributed by atoms with Gasteiger partial charge in [0.25, 0.3) is 0 Å². The number of methoxy groups -OCH3 is 1. The smallest absolute Gasteiger partial charge is 0.250 e. The van der Waals surface area contributed by atoms with Crippen LogP contribution in [0.1, 0.15) is 29.0 Å². The van der Waals surface area contributed by atoms with Gasteiger partial charge in [-0.2, -0.15) is 0 Å². The normalized spacial score (nSPS) is 17.1. The van der Waals surface area contributed by atoms with E-state index in [-0.39, 0.29) is 24.6 Å². The highest BCUT2D eigenvalue weighted by molar-refractivity contribution is 9.10. The van der Waals surface area contributed by atoms with E-state index >= 15 is 0 Å². The van der Waals surface area contributed by atoms with E-state index in [2.05, 4.69) is 65.4 Å². The molecule has 2 aromatic carbocycles. The third-order valence-corrected chi connectivity index (χ3v) is 7.11. The highest BCUT2D eigenvalue weighted by Gasteiger charge is 2.42. The van der Waals surface area contributed by atoms with E-state index in [0.29, 0.717) is 5.11 Å². The summed E-state index contributed by atoms with van der Waals surface area (Å²) in [4.78, 5) is 18.9. The molecule has 188 valence electrons. The second-order valence-corrected chi connectivity index (χ2v) is 10.1. The summed E-state index contributed by atoms with van der Waals surface area (Å²) >= 11 is 9.50. The maximum atomic E-state index is 12.1. The van der Waals surface area contributed by atoms with E-state index in [9.17, 15) is 4.79 Å². The molecule has 0 radical (unpaired) electrons. The molecule has 7 nitrogen and oxygen atoms in total. The van der Waals surface area contributed by atoms with E-state index in [0.717, 1.165) is 38.5 Å². The van der Waals surface area contributed by atoms with E-state index in [1.54, 1.807) is 6.20 Å². The van der Waals surface area contributed by atoms with Crippen molar-refractivity contribution in [3.63, 3.8) is 0 Å². The minimum absolute atomic E-state index is 0.00173. The molecule has 37 heavy (non-hydrogen) atoms. The minimum atomic E-state index is -0.198. The first-order valence-corrected chi connectivity index (χ1v) is 13.0. The zero-order chi connectivity index (χ0) is 25.9. The molecular formula is C28H26BrN5O2S. The third kappa shape index (κ3) is 5.16. The lowest BCUT2D eigenvalue weighted by Crippen LogP contribution is -2.30. The SMILES string of the molecule is COCC(=O)Nc1ccc(N2C(=S)N[C@H](c3ccccn3)[C@H]2c2cccn2-c2cccc(Br)c2)cc1C. The van der Waals surface area contributed by atoms with Crippen molar-refractivity contribution < 1.29 is 9.53 Å². The van der Waals surface area contributed by atoms with Crippen LogP contribution < -0.4 is 15.5 Å². The number of benzene rings is 2. The minimum Gasteiger partial charge on any atom is -0.375 e. The molecule has 0 saturated carbocycles. The lowest BCUT2D eigenvalue weighted by molar-refractivity contribution is -0.119. The molecule has 1 aliphatic heterocycles. The molecule has 2 aromatic heterocycles. The Kier molecular flexibility index (Phi) is 7.36. The number of hydrogen-bond acceptors (Lipinski definition) is 4. The van der Waals surface area contributed by atoms with Crippen molar-refractivity contribution in [2.24, 2.45) is 0 Å². The van der Waals surface area contributed by atoms with Gasteiger partial charge in [-0.25, -0.2) is 0 Å². The zero-order valence-electron chi connectivity index (χ0n) is 20.4. The fourth-order valence-electron chi connectivity index (χ4n) is 4.68. The summed E-state index contributed by atoms with van der Waals surface area (Å²) in [6.07, 6.45) is 3.86. The number of amides is 1. The first kappa shape index (κ1) is 25.1. The first-order valence-electron chi connectivity index (χ1n) is 11.8. The van der Waals surface area contributed by atoms with Crippen molar-refractivity contribution in [3.05, 3.63) is 107 Å². The number of carbonyl (C=O) groups is 1. The van der Waals surface area contributed by atoms with Crippen LogP contribution >= 0.6 is 28.1 Å². The molecule has 1 saturated heterocycles. The van der Waals surface area contributed by atoms with Gasteiger partial charge >= 0.3 is 0 Å². The fourth-order valence-corrected chi connectivity index (χ4v) is 5.42. The number of thiocarbonyl (C=S) groups is 1. The predicted molar refractivity (Wildman–Crippen MR) is 153 cm³/mol. The van der Waals surface area contributed by atoms with Crippen LogP contribution in [0.4, 0.5) is 11.4 Å². The number of halogens is 1. The Labute approximate surface area is 229 Å².